The number of aliphatic hydroxyl groups is 1. The van der Waals surface area contributed by atoms with Crippen molar-refractivity contribution >= 4 is 5.91 Å². The molecule has 0 bridgehead atoms. The maximum absolute atomic E-state index is 13.0. The molecular formula is C22H32N2O2. The van der Waals surface area contributed by atoms with Crippen LogP contribution in [0.5, 0.6) is 0 Å². The molecule has 4 rings (SSSR count). The number of carbonyl (C=O) groups excluding carboxylic acids is 1. The lowest BCUT2D eigenvalue weighted by Crippen LogP contribution is -2.51. The van der Waals surface area contributed by atoms with Crippen LogP contribution in [0, 0.1) is 5.92 Å². The van der Waals surface area contributed by atoms with Gasteiger partial charge < -0.3 is 14.9 Å². The van der Waals surface area contributed by atoms with Crippen LogP contribution in [0.25, 0.3) is 0 Å². The van der Waals surface area contributed by atoms with Crippen molar-refractivity contribution in [1.82, 2.24) is 9.80 Å². The number of nitrogens with zero attached hydrogens (tertiary/aromatic N) is 2. The van der Waals surface area contributed by atoms with E-state index in [1.165, 1.54) is 11.1 Å². The largest absolute Gasteiger partial charge is 0.392 e. The molecule has 3 aliphatic rings. The Bertz CT molecular complexity index is 656. The van der Waals surface area contributed by atoms with Crippen molar-refractivity contribution in [3.05, 3.63) is 35.4 Å². The zero-order chi connectivity index (χ0) is 18.3. The summed E-state index contributed by atoms with van der Waals surface area (Å²) in [4.78, 5) is 17.6. The van der Waals surface area contributed by atoms with E-state index in [1.807, 2.05) is 0 Å². The summed E-state index contributed by atoms with van der Waals surface area (Å²) in [5.74, 6) is 0.545. The maximum Gasteiger partial charge on any atom is 0.225 e. The number of fused-ring (bicyclic) bond motifs is 2. The number of benzene rings is 1. The summed E-state index contributed by atoms with van der Waals surface area (Å²) in [5.41, 5.74) is 2.49. The molecule has 1 spiro atoms. The highest BCUT2D eigenvalue weighted by molar-refractivity contribution is 5.79. The molecule has 0 radical (unpaired) electrons. The topological polar surface area (TPSA) is 43.8 Å². The average Bonchev–Trinajstić information content (AvgIpc) is 2.94. The van der Waals surface area contributed by atoms with Gasteiger partial charge in [-0.1, -0.05) is 24.3 Å². The van der Waals surface area contributed by atoms with Crippen LogP contribution in [0.15, 0.2) is 24.3 Å². The van der Waals surface area contributed by atoms with Crippen LogP contribution < -0.4 is 0 Å². The molecule has 1 amide bonds. The van der Waals surface area contributed by atoms with Crippen molar-refractivity contribution in [3.63, 3.8) is 0 Å². The third-order valence-corrected chi connectivity index (χ3v) is 7.18. The van der Waals surface area contributed by atoms with Gasteiger partial charge in [0.2, 0.25) is 5.91 Å². The third-order valence-electron chi connectivity index (χ3n) is 7.18. The fourth-order valence-corrected chi connectivity index (χ4v) is 5.42. The zero-order valence-electron chi connectivity index (χ0n) is 16.2. The zero-order valence-corrected chi connectivity index (χ0v) is 16.2. The summed E-state index contributed by atoms with van der Waals surface area (Å²) in [7, 11) is 0. The van der Waals surface area contributed by atoms with Crippen LogP contribution in [0.1, 0.15) is 50.7 Å². The number of amides is 1. The quantitative estimate of drug-likeness (QED) is 0.886. The Balaban J connectivity index is 1.39. The van der Waals surface area contributed by atoms with Crippen molar-refractivity contribution < 1.29 is 9.90 Å². The van der Waals surface area contributed by atoms with Gasteiger partial charge >= 0.3 is 0 Å². The fourth-order valence-electron chi connectivity index (χ4n) is 5.42. The minimum Gasteiger partial charge on any atom is -0.392 e. The first-order valence-corrected chi connectivity index (χ1v) is 10.3. The monoisotopic (exact) mass is 356 g/mol. The van der Waals surface area contributed by atoms with Crippen LogP contribution >= 0.6 is 0 Å². The lowest BCUT2D eigenvalue weighted by Gasteiger charge is -2.44. The number of likely N-dealkylation sites (tertiary alicyclic amines) is 2. The van der Waals surface area contributed by atoms with Crippen molar-refractivity contribution in [3.8, 4) is 0 Å². The molecule has 1 N–H and O–H groups in total. The van der Waals surface area contributed by atoms with Crippen molar-refractivity contribution in [2.24, 2.45) is 5.92 Å². The highest BCUT2D eigenvalue weighted by atomic mass is 16.3. The van der Waals surface area contributed by atoms with Crippen LogP contribution in [-0.4, -0.2) is 59.1 Å². The Morgan fingerprint density at radius 2 is 1.77 bits per heavy atom. The van der Waals surface area contributed by atoms with Crippen LogP contribution in [0.4, 0.5) is 0 Å². The van der Waals surface area contributed by atoms with E-state index in [4.69, 9.17) is 0 Å². The summed E-state index contributed by atoms with van der Waals surface area (Å²) in [6.45, 7) is 8.12. The van der Waals surface area contributed by atoms with Gasteiger partial charge in [0.25, 0.3) is 0 Å². The lowest BCUT2D eigenvalue weighted by molar-refractivity contribution is -0.139. The van der Waals surface area contributed by atoms with Gasteiger partial charge in [-0.3, -0.25) is 4.79 Å². The van der Waals surface area contributed by atoms with Crippen molar-refractivity contribution in [2.45, 2.75) is 63.5 Å². The number of hydrogen-bond donors (Lipinski definition) is 1. The van der Waals surface area contributed by atoms with E-state index in [-0.39, 0.29) is 17.4 Å². The first-order chi connectivity index (χ1) is 12.5. The molecule has 1 aromatic carbocycles. The standard InChI is InChI=1S/C22H32N2O2/c1-16(2)23-11-7-17(8-12-23)21(26)24-13-9-22(10-14-24)19-6-4-3-5-18(19)15-20(22)25/h3-6,16-17,20,25H,7-15H2,1-2H3. The van der Waals surface area contributed by atoms with Crippen molar-refractivity contribution in [2.75, 3.05) is 26.2 Å². The molecule has 1 aromatic rings. The van der Waals surface area contributed by atoms with E-state index < -0.39 is 0 Å². The first-order valence-electron chi connectivity index (χ1n) is 10.3. The van der Waals surface area contributed by atoms with Gasteiger partial charge in [-0.05, 0) is 70.2 Å². The minimum absolute atomic E-state index is 0.131. The summed E-state index contributed by atoms with van der Waals surface area (Å²) < 4.78 is 0. The molecule has 4 heteroatoms. The number of hydrogen-bond acceptors (Lipinski definition) is 3. The third kappa shape index (κ3) is 2.97. The van der Waals surface area contributed by atoms with Crippen LogP contribution in [-0.2, 0) is 16.6 Å². The van der Waals surface area contributed by atoms with Gasteiger partial charge in [0, 0.05) is 30.5 Å². The second-order valence-electron chi connectivity index (χ2n) is 8.76. The van der Waals surface area contributed by atoms with Crippen molar-refractivity contribution in [1.29, 1.82) is 0 Å². The van der Waals surface area contributed by atoms with E-state index >= 15 is 0 Å². The molecule has 2 heterocycles. The Hall–Kier alpha value is -1.39. The smallest absolute Gasteiger partial charge is 0.225 e. The second kappa shape index (κ2) is 6.97. The average molecular weight is 357 g/mol. The molecule has 1 atom stereocenters. The Morgan fingerprint density at radius 3 is 2.42 bits per heavy atom. The van der Waals surface area contributed by atoms with Crippen LogP contribution in [0.3, 0.4) is 0 Å². The van der Waals surface area contributed by atoms with Gasteiger partial charge in [0.15, 0.2) is 0 Å². The summed E-state index contributed by atoms with van der Waals surface area (Å²) in [6, 6.07) is 9.05. The van der Waals surface area contributed by atoms with Gasteiger partial charge in [-0.25, -0.2) is 0 Å². The Morgan fingerprint density at radius 1 is 1.12 bits per heavy atom. The normalized spacial score (nSPS) is 26.5. The molecule has 0 saturated carbocycles. The molecular weight excluding hydrogens is 324 g/mol. The minimum atomic E-state index is -0.300. The number of rotatable bonds is 2. The molecule has 142 valence electrons. The summed E-state index contributed by atoms with van der Waals surface area (Å²) in [6.07, 6.45) is 4.22. The number of carbonyl (C=O) groups is 1. The van der Waals surface area contributed by atoms with E-state index in [0.717, 1.165) is 58.3 Å². The Kier molecular flexibility index (Phi) is 4.83. The lowest BCUT2D eigenvalue weighted by atomic mass is 9.72. The molecule has 1 unspecified atom stereocenters. The maximum atomic E-state index is 13.0. The molecule has 2 fully saturated rings. The molecule has 26 heavy (non-hydrogen) atoms. The van der Waals surface area contributed by atoms with Crippen LogP contribution in [0.2, 0.25) is 0 Å². The predicted molar refractivity (Wildman–Crippen MR) is 103 cm³/mol. The second-order valence-corrected chi connectivity index (χ2v) is 8.76. The van der Waals surface area contributed by atoms with Gasteiger partial charge in [-0.15, -0.1) is 0 Å². The van der Waals surface area contributed by atoms with E-state index in [1.54, 1.807) is 0 Å². The first kappa shape index (κ1) is 18.0. The molecule has 1 aliphatic carbocycles. The van der Waals surface area contributed by atoms with E-state index in [0.29, 0.717) is 11.9 Å². The molecule has 2 saturated heterocycles. The number of aliphatic hydroxyl groups excluding tert-OH is 1. The summed E-state index contributed by atoms with van der Waals surface area (Å²) >= 11 is 0. The predicted octanol–water partition coefficient (Wildman–Crippen LogP) is 2.58. The fraction of sp³-hybridized carbons (Fsp3) is 0.682. The Labute approximate surface area is 157 Å². The molecule has 4 nitrogen and oxygen atoms in total. The highest BCUT2D eigenvalue weighted by Gasteiger charge is 2.48. The summed E-state index contributed by atoms with van der Waals surface area (Å²) in [5, 5.41) is 10.8. The SMILES string of the molecule is CC(C)N1CCC(C(=O)N2CCC3(CC2)c2ccccc2CC3O)CC1. The van der Waals surface area contributed by atoms with E-state index in [2.05, 4.69) is 47.9 Å². The highest BCUT2D eigenvalue weighted by Crippen LogP contribution is 2.46. The number of piperidine rings is 2. The molecule has 2 aliphatic heterocycles. The van der Waals surface area contributed by atoms with Gasteiger partial charge in [-0.2, -0.15) is 0 Å². The van der Waals surface area contributed by atoms with Gasteiger partial charge in [0.05, 0.1) is 6.10 Å². The van der Waals surface area contributed by atoms with Gasteiger partial charge in [0.1, 0.15) is 0 Å². The van der Waals surface area contributed by atoms with E-state index in [9.17, 15) is 9.90 Å². The molecule has 0 aromatic heterocycles.